The predicted octanol–water partition coefficient (Wildman–Crippen LogP) is 5.24. The molecule has 0 atom stereocenters. The molecule has 1 aromatic rings. The maximum absolute atomic E-state index is 11.4. The fraction of sp³-hybridized carbons (Fsp3) is 0. The molecule has 0 unspecified atom stereocenters. The van der Waals surface area contributed by atoms with E-state index < -0.39 is 24.2 Å². The molecule has 0 aliphatic heterocycles. The smallest absolute Gasteiger partial charge is 0.346 e. The Balaban J connectivity index is 0.000000196. The van der Waals surface area contributed by atoms with Crippen LogP contribution in [-0.2, 0) is 4.74 Å². The molecule has 0 fully saturated rings. The lowest BCUT2D eigenvalue weighted by molar-refractivity contribution is 0.109. The van der Waals surface area contributed by atoms with Crippen LogP contribution in [0.15, 0.2) is 48.5 Å². The summed E-state index contributed by atoms with van der Waals surface area (Å²) in [5, 5.41) is 0. The van der Waals surface area contributed by atoms with E-state index in [4.69, 9.17) is 0 Å². The molecule has 2 rings (SSSR count). The lowest BCUT2D eigenvalue weighted by atomic mass is 9.99. The van der Waals surface area contributed by atoms with Crippen LogP contribution in [0.5, 0.6) is 0 Å². The molecule has 0 saturated carbocycles. The second-order valence-electron chi connectivity index (χ2n) is 3.13. The third kappa shape index (κ3) is 4.53. The molecule has 0 aromatic heterocycles. The van der Waals surface area contributed by atoms with Crippen molar-refractivity contribution in [3.63, 3.8) is 0 Å². The number of hydrogen-bond donors (Lipinski definition) is 0. The van der Waals surface area contributed by atoms with Crippen LogP contribution in [0, 0.1) is 0 Å². The zero-order valence-electron chi connectivity index (χ0n) is 9.14. The van der Waals surface area contributed by atoms with Gasteiger partial charge in [-0.05, 0) is 11.1 Å². The largest absolute Gasteiger partial charge is 0.396 e. The summed E-state index contributed by atoms with van der Waals surface area (Å²) >= 11 is 0. The van der Waals surface area contributed by atoms with Crippen LogP contribution in [0.3, 0.4) is 0 Å². The average Bonchev–Trinajstić information content (AvgIpc) is 2.31. The van der Waals surface area contributed by atoms with Crippen molar-refractivity contribution in [2.45, 2.75) is 0 Å². The van der Waals surface area contributed by atoms with Crippen molar-refractivity contribution < 1.29 is 31.1 Å². The van der Waals surface area contributed by atoms with Crippen molar-refractivity contribution in [2.75, 3.05) is 0 Å². The van der Waals surface area contributed by atoms with Crippen LogP contribution in [0.1, 0.15) is 11.1 Å². The van der Waals surface area contributed by atoms with Crippen molar-refractivity contribution in [3.8, 4) is 0 Å². The third-order valence-electron chi connectivity index (χ3n) is 1.91. The summed E-state index contributed by atoms with van der Waals surface area (Å²) in [6.45, 7) is 0. The number of fused-ring (bicyclic) bond motifs is 1. The van der Waals surface area contributed by atoms with Gasteiger partial charge in [0, 0.05) is 0 Å². The first-order valence-corrected chi connectivity index (χ1v) is 4.78. The van der Waals surface area contributed by atoms with E-state index in [9.17, 15) is 26.3 Å². The van der Waals surface area contributed by atoms with Crippen LogP contribution in [0.25, 0.3) is 12.2 Å². The first-order valence-electron chi connectivity index (χ1n) is 4.78. The van der Waals surface area contributed by atoms with Gasteiger partial charge in [-0.3, -0.25) is 0 Å². The Morgan fingerprint density at radius 2 is 1.05 bits per heavy atom. The molecule has 0 spiro atoms. The average molecular weight is 280 g/mol. The van der Waals surface area contributed by atoms with Gasteiger partial charge < -0.3 is 4.74 Å². The van der Waals surface area contributed by atoms with E-state index in [1.807, 2.05) is 0 Å². The van der Waals surface area contributed by atoms with E-state index in [1.54, 1.807) is 0 Å². The summed E-state index contributed by atoms with van der Waals surface area (Å²) in [5.41, 5.74) is 2.74. The SMILES string of the molecule is C1=Cc2ccccc21.FC(F)=C(F)OC(F)=C(F)F. The topological polar surface area (TPSA) is 9.23 Å². The van der Waals surface area contributed by atoms with Gasteiger partial charge >= 0.3 is 24.2 Å². The number of rotatable bonds is 2. The van der Waals surface area contributed by atoms with Gasteiger partial charge in [-0.1, -0.05) is 36.4 Å². The van der Waals surface area contributed by atoms with E-state index >= 15 is 0 Å². The summed E-state index contributed by atoms with van der Waals surface area (Å²) < 4.78 is 69.6. The van der Waals surface area contributed by atoms with Gasteiger partial charge in [0.25, 0.3) is 0 Å². The molecule has 0 amide bonds. The molecule has 1 aliphatic carbocycles. The first kappa shape index (κ1) is 14.9. The van der Waals surface area contributed by atoms with Crippen molar-refractivity contribution >= 4 is 12.2 Å². The van der Waals surface area contributed by atoms with Crippen molar-refractivity contribution in [1.29, 1.82) is 0 Å². The van der Waals surface area contributed by atoms with E-state index in [2.05, 4.69) is 41.2 Å². The van der Waals surface area contributed by atoms with Crippen LogP contribution in [-0.4, -0.2) is 0 Å². The number of benzene rings is 1. The van der Waals surface area contributed by atoms with E-state index in [-0.39, 0.29) is 0 Å². The number of hydrogen-bond acceptors (Lipinski definition) is 1. The maximum atomic E-state index is 11.4. The highest BCUT2D eigenvalue weighted by molar-refractivity contribution is 5.85. The van der Waals surface area contributed by atoms with Gasteiger partial charge in [-0.25, -0.2) is 0 Å². The fourth-order valence-corrected chi connectivity index (χ4v) is 1.05. The summed E-state index contributed by atoms with van der Waals surface area (Å²) in [7, 11) is 0. The Hall–Kier alpha value is -2.18. The quantitative estimate of drug-likeness (QED) is 0.539. The Kier molecular flexibility index (Phi) is 5.23. The van der Waals surface area contributed by atoms with Crippen molar-refractivity contribution in [3.05, 3.63) is 59.6 Å². The summed E-state index contributed by atoms with van der Waals surface area (Å²) in [4.78, 5) is 0. The second kappa shape index (κ2) is 6.67. The Bertz CT molecular complexity index is 492. The summed E-state index contributed by atoms with van der Waals surface area (Å²) in [6, 6.07) is 2.99. The second-order valence-corrected chi connectivity index (χ2v) is 3.13. The van der Waals surface area contributed by atoms with Crippen molar-refractivity contribution in [1.82, 2.24) is 0 Å². The van der Waals surface area contributed by atoms with E-state index in [0.717, 1.165) is 0 Å². The van der Waals surface area contributed by atoms with Gasteiger partial charge in [0.2, 0.25) is 0 Å². The molecule has 0 heterocycles. The van der Waals surface area contributed by atoms with E-state index in [1.165, 1.54) is 11.1 Å². The highest BCUT2D eigenvalue weighted by Gasteiger charge is 2.13. The van der Waals surface area contributed by atoms with Gasteiger partial charge in [-0.2, -0.15) is 26.3 Å². The van der Waals surface area contributed by atoms with Gasteiger partial charge in [-0.15, -0.1) is 0 Å². The molecule has 1 nitrogen and oxygen atoms in total. The molecule has 102 valence electrons. The molecular weight excluding hydrogens is 274 g/mol. The van der Waals surface area contributed by atoms with Crippen LogP contribution >= 0.6 is 0 Å². The van der Waals surface area contributed by atoms with Gasteiger partial charge in [0.05, 0.1) is 0 Å². The fourth-order valence-electron chi connectivity index (χ4n) is 1.05. The van der Waals surface area contributed by atoms with Crippen LogP contribution in [0.2, 0.25) is 0 Å². The summed E-state index contributed by atoms with van der Waals surface area (Å²) in [6.07, 6.45) is -1.78. The highest BCUT2D eigenvalue weighted by atomic mass is 19.3. The molecule has 0 saturated heterocycles. The zero-order valence-corrected chi connectivity index (χ0v) is 9.14. The zero-order chi connectivity index (χ0) is 14.4. The van der Waals surface area contributed by atoms with Crippen LogP contribution in [0.4, 0.5) is 26.3 Å². The standard InChI is InChI=1S/C8H6.C4F6O/c1-2-4-8-6-5-7(8)3-1;5-1(6)3(9)11-4(10)2(7)8/h1-6H;. The monoisotopic (exact) mass is 280 g/mol. The Labute approximate surface area is 104 Å². The molecule has 7 heteroatoms. The van der Waals surface area contributed by atoms with E-state index in [0.29, 0.717) is 0 Å². The maximum Gasteiger partial charge on any atom is 0.346 e. The molecule has 1 aromatic carbocycles. The minimum absolute atomic E-state index is 1.37. The molecular formula is C12H6F6O. The highest BCUT2D eigenvalue weighted by Crippen LogP contribution is 2.21. The van der Waals surface area contributed by atoms with Gasteiger partial charge in [0.1, 0.15) is 0 Å². The molecule has 1 aliphatic rings. The van der Waals surface area contributed by atoms with Crippen LogP contribution < -0.4 is 0 Å². The normalized spacial score (nSPS) is 10.4. The minimum Gasteiger partial charge on any atom is -0.396 e. The summed E-state index contributed by atoms with van der Waals surface area (Å²) in [5.74, 6) is 0. The number of ether oxygens (including phenoxy) is 1. The number of halogens is 6. The lowest BCUT2D eigenvalue weighted by Crippen LogP contribution is -1.85. The van der Waals surface area contributed by atoms with Gasteiger partial charge in [0.15, 0.2) is 0 Å². The predicted molar refractivity (Wildman–Crippen MR) is 57.2 cm³/mol. The molecule has 19 heavy (non-hydrogen) atoms. The minimum atomic E-state index is -3.01. The third-order valence-corrected chi connectivity index (χ3v) is 1.91. The molecule has 0 radical (unpaired) electrons. The molecule has 0 N–H and O–H groups in total. The Morgan fingerprint density at radius 3 is 1.26 bits per heavy atom. The molecule has 0 bridgehead atoms. The lowest BCUT2D eigenvalue weighted by Gasteiger charge is -2.06. The first-order chi connectivity index (χ1) is 8.91. The Morgan fingerprint density at radius 1 is 0.684 bits per heavy atom. The van der Waals surface area contributed by atoms with Crippen molar-refractivity contribution in [2.24, 2.45) is 0 Å².